The number of carbonyl (C=O) groups is 1. The van der Waals surface area contributed by atoms with E-state index in [1.807, 2.05) is 5.38 Å². The molecule has 2 aromatic rings. The lowest BCUT2D eigenvalue weighted by molar-refractivity contribution is -0.0613. The van der Waals surface area contributed by atoms with Crippen molar-refractivity contribution in [1.82, 2.24) is 10.3 Å². The average molecular weight is 338 g/mol. The van der Waals surface area contributed by atoms with Crippen LogP contribution in [0.15, 0.2) is 27.4 Å². The Bertz CT molecular complexity index is 628. The zero-order chi connectivity index (χ0) is 16.1. The number of hydrogen-bond donors (Lipinski definition) is 2. The van der Waals surface area contributed by atoms with Gasteiger partial charge in [-0.3, -0.25) is 4.79 Å². The predicted molar refractivity (Wildman–Crippen MR) is 82.0 cm³/mol. The first-order chi connectivity index (χ1) is 11.3. The summed E-state index contributed by atoms with van der Waals surface area (Å²) in [5.41, 5.74) is 2.64. The van der Waals surface area contributed by atoms with Crippen LogP contribution >= 0.6 is 11.3 Å². The third kappa shape index (κ3) is 4.17. The van der Waals surface area contributed by atoms with Gasteiger partial charge in [0.15, 0.2) is 5.76 Å². The van der Waals surface area contributed by atoms with E-state index in [4.69, 9.17) is 19.0 Å². The Morgan fingerprint density at radius 2 is 2.43 bits per heavy atom. The van der Waals surface area contributed by atoms with Crippen molar-refractivity contribution in [3.05, 3.63) is 40.2 Å². The van der Waals surface area contributed by atoms with Crippen LogP contribution in [0.1, 0.15) is 28.4 Å². The third-order valence-corrected chi connectivity index (χ3v) is 4.21. The number of aliphatic hydroxyl groups is 1. The Hall–Kier alpha value is -1.74. The lowest BCUT2D eigenvalue weighted by atomic mass is 10.1. The van der Waals surface area contributed by atoms with Gasteiger partial charge in [-0.15, -0.1) is 11.3 Å². The quantitative estimate of drug-likeness (QED) is 0.825. The number of amides is 1. The number of aromatic nitrogens is 1. The average Bonchev–Trinajstić information content (AvgIpc) is 3.25. The van der Waals surface area contributed by atoms with Crippen LogP contribution in [0, 0.1) is 0 Å². The Balaban J connectivity index is 1.58. The normalized spacial score (nSPS) is 21.3. The van der Waals surface area contributed by atoms with Gasteiger partial charge in [-0.1, -0.05) is 0 Å². The minimum atomic E-state index is -0.345. The van der Waals surface area contributed by atoms with Crippen LogP contribution in [0.25, 0.3) is 0 Å². The SMILES string of the molecule is O=C(N[C@@H]1COCC[C@@H]1OCc1cscn1)c1ccc(CO)o1. The highest BCUT2D eigenvalue weighted by atomic mass is 32.1. The van der Waals surface area contributed by atoms with Gasteiger partial charge in [-0.05, 0) is 18.6 Å². The highest BCUT2D eigenvalue weighted by molar-refractivity contribution is 7.07. The second kappa shape index (κ2) is 7.69. The van der Waals surface area contributed by atoms with Crippen LogP contribution < -0.4 is 5.32 Å². The summed E-state index contributed by atoms with van der Waals surface area (Å²) >= 11 is 1.52. The summed E-state index contributed by atoms with van der Waals surface area (Å²) < 4.78 is 16.6. The van der Waals surface area contributed by atoms with E-state index in [9.17, 15) is 4.79 Å². The summed E-state index contributed by atoms with van der Waals surface area (Å²) in [5, 5.41) is 13.8. The van der Waals surface area contributed by atoms with Gasteiger partial charge in [-0.25, -0.2) is 4.98 Å². The molecule has 1 amide bonds. The van der Waals surface area contributed by atoms with Crippen molar-refractivity contribution >= 4 is 17.2 Å². The minimum Gasteiger partial charge on any atom is -0.453 e. The first-order valence-electron chi connectivity index (χ1n) is 7.33. The van der Waals surface area contributed by atoms with Crippen molar-refractivity contribution in [2.24, 2.45) is 0 Å². The Labute approximate surface area is 137 Å². The smallest absolute Gasteiger partial charge is 0.287 e. The van der Waals surface area contributed by atoms with Crippen molar-refractivity contribution in [3.8, 4) is 0 Å². The molecule has 3 rings (SSSR count). The van der Waals surface area contributed by atoms with E-state index < -0.39 is 0 Å². The van der Waals surface area contributed by atoms with E-state index in [0.717, 1.165) is 5.69 Å². The molecule has 3 heterocycles. The lowest BCUT2D eigenvalue weighted by Crippen LogP contribution is -2.50. The van der Waals surface area contributed by atoms with Crippen LogP contribution in [0.2, 0.25) is 0 Å². The van der Waals surface area contributed by atoms with Gasteiger partial charge in [0.25, 0.3) is 5.91 Å². The molecule has 0 saturated carbocycles. The second-order valence-electron chi connectivity index (χ2n) is 5.20. The van der Waals surface area contributed by atoms with Gasteiger partial charge in [0.05, 0.1) is 36.6 Å². The van der Waals surface area contributed by atoms with Gasteiger partial charge in [-0.2, -0.15) is 0 Å². The van der Waals surface area contributed by atoms with E-state index in [2.05, 4.69) is 10.3 Å². The third-order valence-electron chi connectivity index (χ3n) is 3.58. The molecule has 0 spiro atoms. The molecule has 1 aliphatic heterocycles. The number of rotatable bonds is 6. The first kappa shape index (κ1) is 16.1. The number of thiazole rings is 1. The standard InChI is InChI=1S/C15H18N2O5S/c18-5-11-1-2-14(22-11)15(19)17-12-7-20-4-3-13(12)21-6-10-8-23-9-16-10/h1-2,8-9,12-13,18H,3-7H2,(H,17,19)/t12-,13+/m1/s1. The summed E-state index contributed by atoms with van der Waals surface area (Å²) in [5.74, 6) is 0.173. The Kier molecular flexibility index (Phi) is 5.39. The number of nitrogens with zero attached hydrogens (tertiary/aromatic N) is 1. The number of carbonyl (C=O) groups excluding carboxylic acids is 1. The number of ether oxygens (including phenoxy) is 2. The molecule has 2 aromatic heterocycles. The highest BCUT2D eigenvalue weighted by Gasteiger charge is 2.29. The summed E-state index contributed by atoms with van der Waals surface area (Å²) in [6.07, 6.45) is 0.566. The molecule has 2 N–H and O–H groups in total. The molecule has 23 heavy (non-hydrogen) atoms. The van der Waals surface area contributed by atoms with Crippen molar-refractivity contribution in [2.75, 3.05) is 13.2 Å². The van der Waals surface area contributed by atoms with E-state index in [1.54, 1.807) is 11.6 Å². The van der Waals surface area contributed by atoms with Crippen molar-refractivity contribution in [1.29, 1.82) is 0 Å². The van der Waals surface area contributed by atoms with Gasteiger partial charge >= 0.3 is 0 Å². The molecular formula is C15H18N2O5S. The number of aliphatic hydroxyl groups excluding tert-OH is 1. The van der Waals surface area contributed by atoms with Crippen molar-refractivity contribution in [3.63, 3.8) is 0 Å². The number of hydrogen-bond acceptors (Lipinski definition) is 7. The monoisotopic (exact) mass is 338 g/mol. The zero-order valence-corrected chi connectivity index (χ0v) is 13.3. The molecule has 2 atom stereocenters. The van der Waals surface area contributed by atoms with Crippen LogP contribution in [0.5, 0.6) is 0 Å². The topological polar surface area (TPSA) is 93.8 Å². The van der Waals surface area contributed by atoms with Crippen LogP contribution in [0.3, 0.4) is 0 Å². The first-order valence-corrected chi connectivity index (χ1v) is 8.27. The van der Waals surface area contributed by atoms with Gasteiger partial charge < -0.3 is 24.3 Å². The second-order valence-corrected chi connectivity index (χ2v) is 5.92. The predicted octanol–water partition coefficient (Wildman–Crippen LogP) is 1.33. The molecular weight excluding hydrogens is 320 g/mol. The van der Waals surface area contributed by atoms with Gasteiger partial charge in [0.1, 0.15) is 12.4 Å². The summed E-state index contributed by atoms with van der Waals surface area (Å²) in [4.78, 5) is 16.4. The number of furan rings is 1. The fraction of sp³-hybridized carbons (Fsp3) is 0.467. The molecule has 124 valence electrons. The largest absolute Gasteiger partial charge is 0.453 e. The fourth-order valence-electron chi connectivity index (χ4n) is 2.38. The molecule has 0 aromatic carbocycles. The molecule has 8 heteroatoms. The van der Waals surface area contributed by atoms with Crippen LogP contribution in [-0.2, 0) is 22.7 Å². The minimum absolute atomic E-state index is 0.137. The molecule has 0 unspecified atom stereocenters. The molecule has 0 aliphatic carbocycles. The molecule has 7 nitrogen and oxygen atoms in total. The maximum absolute atomic E-state index is 12.2. The van der Waals surface area contributed by atoms with Crippen molar-refractivity contribution in [2.45, 2.75) is 31.8 Å². The van der Waals surface area contributed by atoms with E-state index in [0.29, 0.717) is 32.0 Å². The molecule has 0 bridgehead atoms. The maximum atomic E-state index is 12.2. The zero-order valence-electron chi connectivity index (χ0n) is 12.4. The molecule has 1 saturated heterocycles. The van der Waals surface area contributed by atoms with E-state index in [1.165, 1.54) is 17.4 Å². The maximum Gasteiger partial charge on any atom is 0.287 e. The molecule has 1 aliphatic rings. The number of nitrogens with one attached hydrogen (secondary N) is 1. The summed E-state index contributed by atoms with van der Waals surface area (Å²) in [6, 6.07) is 2.86. The van der Waals surface area contributed by atoms with E-state index >= 15 is 0 Å². The Morgan fingerprint density at radius 1 is 1.52 bits per heavy atom. The highest BCUT2D eigenvalue weighted by Crippen LogP contribution is 2.16. The van der Waals surface area contributed by atoms with Crippen molar-refractivity contribution < 1.29 is 23.8 Å². The Morgan fingerprint density at radius 3 is 3.17 bits per heavy atom. The van der Waals surface area contributed by atoms with E-state index in [-0.39, 0.29) is 30.4 Å². The lowest BCUT2D eigenvalue weighted by Gasteiger charge is -2.31. The molecule has 0 radical (unpaired) electrons. The summed E-state index contributed by atoms with van der Waals surface area (Å²) in [7, 11) is 0. The van der Waals surface area contributed by atoms with Crippen LogP contribution in [-0.4, -0.2) is 41.4 Å². The molecule has 1 fully saturated rings. The summed E-state index contributed by atoms with van der Waals surface area (Å²) in [6.45, 7) is 1.17. The van der Waals surface area contributed by atoms with Gasteiger partial charge in [0.2, 0.25) is 0 Å². The van der Waals surface area contributed by atoms with Gasteiger partial charge in [0, 0.05) is 12.0 Å². The fourth-order valence-corrected chi connectivity index (χ4v) is 2.92. The van der Waals surface area contributed by atoms with Crippen LogP contribution in [0.4, 0.5) is 0 Å².